The maximum Gasteiger partial charge on any atom is 0.150 e. The number of allylic oxidation sites excluding steroid dienone is 2. The van der Waals surface area contributed by atoms with Gasteiger partial charge in [0.05, 0.1) is 5.88 Å². The molecule has 1 aliphatic carbocycles. The Kier molecular flexibility index (Phi) is 3.33. The van der Waals surface area contributed by atoms with Crippen LogP contribution in [0.2, 0.25) is 0 Å². The zero-order chi connectivity index (χ0) is 9.14. The highest BCUT2D eigenvalue weighted by Gasteiger charge is 2.21. The molecule has 68 valence electrons. The molecular weight excluding hydrogens is 172 g/mol. The van der Waals surface area contributed by atoms with E-state index >= 15 is 0 Å². The van der Waals surface area contributed by atoms with E-state index in [1.807, 2.05) is 0 Å². The van der Waals surface area contributed by atoms with E-state index in [9.17, 15) is 4.79 Å². The van der Waals surface area contributed by atoms with Crippen molar-refractivity contribution in [3.63, 3.8) is 0 Å². The van der Waals surface area contributed by atoms with Gasteiger partial charge < -0.3 is 0 Å². The van der Waals surface area contributed by atoms with Crippen LogP contribution in [0.4, 0.5) is 0 Å². The second kappa shape index (κ2) is 4.08. The highest BCUT2D eigenvalue weighted by atomic mass is 35.5. The summed E-state index contributed by atoms with van der Waals surface area (Å²) in [5.74, 6) is 0.589. The summed E-state index contributed by atoms with van der Waals surface area (Å²) in [6.45, 7) is 4.26. The quantitative estimate of drug-likeness (QED) is 0.479. The van der Waals surface area contributed by atoms with Gasteiger partial charge in [-0.05, 0) is 33.1 Å². The van der Waals surface area contributed by atoms with Crippen LogP contribution in [0.5, 0.6) is 0 Å². The van der Waals surface area contributed by atoms with Crippen LogP contribution >= 0.6 is 11.6 Å². The Morgan fingerprint density at radius 1 is 1.50 bits per heavy atom. The fourth-order valence-corrected chi connectivity index (χ4v) is 1.85. The summed E-state index contributed by atoms with van der Waals surface area (Å²) in [5.41, 5.74) is 2.83. The van der Waals surface area contributed by atoms with Crippen molar-refractivity contribution in [3.05, 3.63) is 11.1 Å². The van der Waals surface area contributed by atoms with E-state index in [2.05, 4.69) is 13.8 Å². The lowest BCUT2D eigenvalue weighted by Crippen LogP contribution is -2.19. The highest BCUT2D eigenvalue weighted by molar-refractivity contribution is 6.27. The van der Waals surface area contributed by atoms with E-state index in [-0.39, 0.29) is 17.6 Å². The molecule has 0 bridgehead atoms. The first-order chi connectivity index (χ1) is 5.65. The Balaban J connectivity index is 2.60. The van der Waals surface area contributed by atoms with Crippen molar-refractivity contribution in [2.75, 3.05) is 5.88 Å². The van der Waals surface area contributed by atoms with Crippen LogP contribution in [-0.4, -0.2) is 11.7 Å². The van der Waals surface area contributed by atoms with Gasteiger partial charge in [0.1, 0.15) is 0 Å². The van der Waals surface area contributed by atoms with Crippen LogP contribution in [0.3, 0.4) is 0 Å². The SMILES string of the molecule is CC1=C(C)CC(C(=O)CCl)CC1. The van der Waals surface area contributed by atoms with Crippen molar-refractivity contribution in [2.24, 2.45) is 5.92 Å². The van der Waals surface area contributed by atoms with E-state index in [1.165, 1.54) is 11.1 Å². The summed E-state index contributed by atoms with van der Waals surface area (Å²) in [7, 11) is 0. The maximum absolute atomic E-state index is 11.3. The van der Waals surface area contributed by atoms with Crippen molar-refractivity contribution in [1.82, 2.24) is 0 Å². The molecular formula is C10H15ClO. The molecule has 1 nitrogen and oxygen atoms in total. The molecule has 0 spiro atoms. The van der Waals surface area contributed by atoms with E-state index < -0.39 is 0 Å². The zero-order valence-electron chi connectivity index (χ0n) is 7.69. The Hall–Kier alpha value is -0.300. The highest BCUT2D eigenvalue weighted by Crippen LogP contribution is 2.29. The first-order valence-electron chi connectivity index (χ1n) is 4.39. The number of halogens is 1. The molecule has 0 aliphatic heterocycles. The summed E-state index contributed by atoms with van der Waals surface area (Å²) in [4.78, 5) is 11.3. The smallest absolute Gasteiger partial charge is 0.150 e. The fraction of sp³-hybridized carbons (Fsp3) is 0.700. The van der Waals surface area contributed by atoms with E-state index in [0.717, 1.165) is 19.3 Å². The van der Waals surface area contributed by atoms with Gasteiger partial charge in [0.15, 0.2) is 5.78 Å². The number of ketones is 1. The normalized spacial score (nSPS) is 24.4. The van der Waals surface area contributed by atoms with Gasteiger partial charge in [0.2, 0.25) is 0 Å². The van der Waals surface area contributed by atoms with Crippen molar-refractivity contribution in [2.45, 2.75) is 33.1 Å². The van der Waals surface area contributed by atoms with Gasteiger partial charge in [-0.15, -0.1) is 11.6 Å². The number of Topliss-reactive ketones (excluding diaryl/α,β-unsaturated/α-hetero) is 1. The summed E-state index contributed by atoms with van der Waals surface area (Å²) in [5, 5.41) is 0. The standard InChI is InChI=1S/C10H15ClO/c1-7-3-4-9(5-8(7)2)10(12)6-11/h9H,3-6H2,1-2H3. The maximum atomic E-state index is 11.3. The lowest BCUT2D eigenvalue weighted by Gasteiger charge is -2.22. The predicted molar refractivity (Wildman–Crippen MR) is 51.4 cm³/mol. The first-order valence-corrected chi connectivity index (χ1v) is 4.92. The van der Waals surface area contributed by atoms with E-state index in [0.29, 0.717) is 0 Å². The Morgan fingerprint density at radius 2 is 2.17 bits per heavy atom. The van der Waals surface area contributed by atoms with E-state index in [4.69, 9.17) is 11.6 Å². The summed E-state index contributed by atoms with van der Waals surface area (Å²) in [6, 6.07) is 0. The Morgan fingerprint density at radius 3 is 2.67 bits per heavy atom. The van der Waals surface area contributed by atoms with Gasteiger partial charge in [-0.25, -0.2) is 0 Å². The average Bonchev–Trinajstić information content (AvgIpc) is 2.08. The van der Waals surface area contributed by atoms with Gasteiger partial charge in [0, 0.05) is 5.92 Å². The lowest BCUT2D eigenvalue weighted by atomic mass is 9.83. The molecule has 1 rings (SSSR count). The van der Waals surface area contributed by atoms with Gasteiger partial charge in [0.25, 0.3) is 0 Å². The monoisotopic (exact) mass is 186 g/mol. The second-order valence-electron chi connectivity index (χ2n) is 3.60. The third-order valence-corrected chi connectivity index (χ3v) is 3.00. The number of carbonyl (C=O) groups is 1. The number of hydrogen-bond donors (Lipinski definition) is 0. The summed E-state index contributed by atoms with van der Waals surface area (Å²) in [6.07, 6.45) is 2.99. The number of hydrogen-bond acceptors (Lipinski definition) is 1. The molecule has 0 aromatic heterocycles. The number of alkyl halides is 1. The Bertz CT molecular complexity index is 218. The molecule has 0 radical (unpaired) electrons. The largest absolute Gasteiger partial charge is 0.298 e. The molecule has 0 aromatic rings. The third-order valence-electron chi connectivity index (χ3n) is 2.74. The van der Waals surface area contributed by atoms with E-state index in [1.54, 1.807) is 0 Å². The molecule has 0 heterocycles. The minimum atomic E-state index is 0.178. The molecule has 0 N–H and O–H groups in total. The number of carbonyl (C=O) groups excluding carboxylic acids is 1. The number of rotatable bonds is 2. The third kappa shape index (κ3) is 2.10. The first kappa shape index (κ1) is 9.79. The minimum Gasteiger partial charge on any atom is -0.298 e. The molecule has 12 heavy (non-hydrogen) atoms. The average molecular weight is 187 g/mol. The lowest BCUT2D eigenvalue weighted by molar-refractivity contribution is -0.120. The van der Waals surface area contributed by atoms with Crippen LogP contribution in [0, 0.1) is 5.92 Å². The molecule has 0 amide bonds. The molecule has 1 aliphatic rings. The van der Waals surface area contributed by atoms with Crippen molar-refractivity contribution >= 4 is 17.4 Å². The summed E-state index contributed by atoms with van der Waals surface area (Å²) < 4.78 is 0. The van der Waals surface area contributed by atoms with Crippen LogP contribution in [-0.2, 0) is 4.79 Å². The predicted octanol–water partition coefficient (Wildman–Crippen LogP) is 2.93. The van der Waals surface area contributed by atoms with Gasteiger partial charge in [-0.1, -0.05) is 11.1 Å². The van der Waals surface area contributed by atoms with Crippen molar-refractivity contribution in [3.8, 4) is 0 Å². The van der Waals surface area contributed by atoms with Crippen molar-refractivity contribution < 1.29 is 4.79 Å². The molecule has 0 saturated carbocycles. The summed E-state index contributed by atoms with van der Waals surface area (Å²) >= 11 is 5.50. The molecule has 0 saturated heterocycles. The van der Waals surface area contributed by atoms with Crippen LogP contribution in [0.1, 0.15) is 33.1 Å². The van der Waals surface area contributed by atoms with Gasteiger partial charge in [-0.3, -0.25) is 4.79 Å². The minimum absolute atomic E-state index is 0.178. The topological polar surface area (TPSA) is 17.1 Å². The van der Waals surface area contributed by atoms with Crippen molar-refractivity contribution in [1.29, 1.82) is 0 Å². The Labute approximate surface area is 78.8 Å². The van der Waals surface area contributed by atoms with Gasteiger partial charge in [-0.2, -0.15) is 0 Å². The molecule has 1 unspecified atom stereocenters. The fourth-order valence-electron chi connectivity index (χ4n) is 1.63. The van der Waals surface area contributed by atoms with Crippen LogP contribution in [0.25, 0.3) is 0 Å². The second-order valence-corrected chi connectivity index (χ2v) is 3.87. The molecule has 2 heteroatoms. The zero-order valence-corrected chi connectivity index (χ0v) is 8.45. The molecule has 0 aromatic carbocycles. The van der Waals surface area contributed by atoms with Crippen LogP contribution < -0.4 is 0 Å². The van der Waals surface area contributed by atoms with Crippen LogP contribution in [0.15, 0.2) is 11.1 Å². The molecule has 1 atom stereocenters. The molecule has 0 fully saturated rings. The van der Waals surface area contributed by atoms with Gasteiger partial charge >= 0.3 is 0 Å².